The summed E-state index contributed by atoms with van der Waals surface area (Å²) in [5.74, 6) is -3.55. The highest BCUT2D eigenvalue weighted by Gasteiger charge is 2.24. The number of aliphatic hydroxyl groups excluding tert-OH is 3. The third-order valence-electron chi connectivity index (χ3n) is 2.83. The first-order chi connectivity index (χ1) is 13.4. The summed E-state index contributed by atoms with van der Waals surface area (Å²) in [4.78, 5) is 38.6. The Morgan fingerprint density at radius 1 is 0.828 bits per heavy atom. The summed E-state index contributed by atoms with van der Waals surface area (Å²) in [7, 11) is 0. The summed E-state index contributed by atoms with van der Waals surface area (Å²) in [6.45, 7) is 10.3. The Morgan fingerprint density at radius 2 is 1.17 bits per heavy atom. The molecule has 168 valence electrons. The zero-order valence-corrected chi connectivity index (χ0v) is 16.3. The molecule has 0 rings (SSSR count). The number of carboxylic acid groups (broad SMARTS) is 3. The number of carbonyl (C=O) groups is 4. The van der Waals surface area contributed by atoms with Crippen LogP contribution in [-0.4, -0.2) is 80.9 Å². The van der Waals surface area contributed by atoms with Crippen molar-refractivity contribution in [1.29, 1.82) is 0 Å². The molecule has 0 saturated heterocycles. The first kappa shape index (κ1) is 33.6. The molecule has 11 nitrogen and oxygen atoms in total. The minimum Gasteiger partial charge on any atom is -0.481 e. The number of hydrogen-bond donors (Lipinski definition) is 6. The van der Waals surface area contributed by atoms with E-state index in [4.69, 9.17) is 30.6 Å². The average Bonchev–Trinajstić information content (AvgIpc) is 2.71. The molecule has 0 aromatic carbocycles. The van der Waals surface area contributed by atoms with Crippen LogP contribution in [0.2, 0.25) is 0 Å². The third kappa shape index (κ3) is 30.0. The molecule has 0 aliphatic heterocycles. The first-order valence-corrected chi connectivity index (χ1v) is 7.99. The molecule has 0 radical (unpaired) electrons. The highest BCUT2D eigenvalue weighted by atomic mass is 16.5. The topological polar surface area (TPSA) is 199 Å². The lowest BCUT2D eigenvalue weighted by molar-refractivity contribution is -0.142. The molecular formula is C18H30O11. The number of aliphatic hydroxyl groups is 3. The quantitative estimate of drug-likeness (QED) is 0.205. The van der Waals surface area contributed by atoms with Crippen molar-refractivity contribution < 1.29 is 54.6 Å². The second kappa shape index (κ2) is 23.0. The molecule has 0 atom stereocenters. The van der Waals surface area contributed by atoms with E-state index in [0.29, 0.717) is 6.42 Å². The van der Waals surface area contributed by atoms with Crippen molar-refractivity contribution in [2.45, 2.75) is 19.8 Å². The number of rotatable bonds is 10. The largest absolute Gasteiger partial charge is 0.481 e. The predicted octanol–water partition coefficient (Wildman–Crippen LogP) is 0.0640. The fourth-order valence-electron chi connectivity index (χ4n) is 0.783. The predicted molar refractivity (Wildman–Crippen MR) is 103 cm³/mol. The van der Waals surface area contributed by atoms with Gasteiger partial charge in [-0.3, -0.25) is 4.79 Å². The van der Waals surface area contributed by atoms with E-state index in [1.54, 1.807) is 0 Å². The molecule has 0 saturated carbocycles. The van der Waals surface area contributed by atoms with Crippen LogP contribution in [0.1, 0.15) is 19.8 Å². The minimum absolute atomic E-state index is 0.0970. The lowest BCUT2D eigenvalue weighted by Gasteiger charge is -2.24. The summed E-state index contributed by atoms with van der Waals surface area (Å²) in [6, 6.07) is 0. The molecule has 0 unspecified atom stereocenters. The Labute approximate surface area is 168 Å². The maximum absolute atomic E-state index is 10.3. The van der Waals surface area contributed by atoms with E-state index in [1.807, 2.05) is 6.92 Å². The Hall–Kier alpha value is -3.02. The Morgan fingerprint density at radius 3 is 1.31 bits per heavy atom. The summed E-state index contributed by atoms with van der Waals surface area (Å²) in [6.07, 6.45) is 3.08. The van der Waals surface area contributed by atoms with Gasteiger partial charge in [0, 0.05) is 23.6 Å². The van der Waals surface area contributed by atoms with Gasteiger partial charge in [-0.15, -0.1) is 0 Å². The van der Waals surface area contributed by atoms with E-state index < -0.39 is 29.3 Å². The number of esters is 1. The minimum atomic E-state index is -0.989. The molecule has 0 amide bonds. The zero-order chi connectivity index (χ0) is 23.9. The van der Waals surface area contributed by atoms with Gasteiger partial charge in [-0.25, -0.2) is 14.4 Å². The molecule has 0 aromatic rings. The van der Waals surface area contributed by atoms with Crippen LogP contribution < -0.4 is 0 Å². The molecule has 0 aliphatic rings. The second-order valence-corrected chi connectivity index (χ2v) is 4.93. The standard InChI is InChI=1S/C6H8O4.C6H14O3.2C3H4O2/c1-2-6(9)10-4-3-5(7)8;1-2-6(3-7,4-8)5-9;2*1-2-3(4)5/h2H,1,3-4H2,(H,7,8);7-9H,2-5H2,1H3;2*2H,1H2,(H,4,5). The molecule has 0 fully saturated rings. The number of hydrogen-bond acceptors (Lipinski definition) is 8. The normalized spacial score (nSPS) is 8.83. The van der Waals surface area contributed by atoms with E-state index in [9.17, 15) is 19.2 Å². The van der Waals surface area contributed by atoms with E-state index >= 15 is 0 Å². The smallest absolute Gasteiger partial charge is 0.330 e. The third-order valence-corrected chi connectivity index (χ3v) is 2.83. The SMILES string of the molecule is C=CC(=O)O.C=CC(=O)O.C=CC(=O)OCCC(=O)O.CCC(CO)(CO)CO. The van der Waals surface area contributed by atoms with Crippen LogP contribution in [-0.2, 0) is 23.9 Å². The number of aliphatic carboxylic acids is 3. The van der Waals surface area contributed by atoms with Crippen molar-refractivity contribution in [3.05, 3.63) is 38.0 Å². The van der Waals surface area contributed by atoms with E-state index in [2.05, 4.69) is 24.5 Å². The van der Waals surface area contributed by atoms with Crippen molar-refractivity contribution in [3.8, 4) is 0 Å². The molecule has 11 heteroatoms. The molecule has 0 bridgehead atoms. The molecule has 29 heavy (non-hydrogen) atoms. The van der Waals surface area contributed by atoms with Crippen LogP contribution in [0.15, 0.2) is 38.0 Å². The lowest BCUT2D eigenvalue weighted by Crippen LogP contribution is -2.32. The highest BCUT2D eigenvalue weighted by Crippen LogP contribution is 2.18. The average molecular weight is 422 g/mol. The Kier molecular flexibility index (Phi) is 26.6. The monoisotopic (exact) mass is 422 g/mol. The molecule has 0 aromatic heterocycles. The molecule has 0 heterocycles. The summed E-state index contributed by atoms with van der Waals surface area (Å²) < 4.78 is 4.36. The number of carboxylic acids is 3. The van der Waals surface area contributed by atoms with Crippen LogP contribution in [0.25, 0.3) is 0 Å². The van der Waals surface area contributed by atoms with Gasteiger partial charge in [0.2, 0.25) is 0 Å². The van der Waals surface area contributed by atoms with Gasteiger partial charge in [-0.1, -0.05) is 26.7 Å². The maximum Gasteiger partial charge on any atom is 0.330 e. The van der Waals surface area contributed by atoms with Crippen molar-refractivity contribution in [2.75, 3.05) is 26.4 Å². The van der Waals surface area contributed by atoms with Crippen LogP contribution in [0.4, 0.5) is 0 Å². The van der Waals surface area contributed by atoms with Gasteiger partial charge in [0.15, 0.2) is 0 Å². The number of ether oxygens (including phenoxy) is 1. The van der Waals surface area contributed by atoms with Gasteiger partial charge < -0.3 is 35.4 Å². The van der Waals surface area contributed by atoms with Crippen LogP contribution >= 0.6 is 0 Å². The number of carbonyl (C=O) groups excluding carboxylic acids is 1. The Bertz CT molecular complexity index is 472. The summed E-state index contributed by atoms with van der Waals surface area (Å²) in [5, 5.41) is 49.3. The molecule has 6 N–H and O–H groups in total. The molecule has 0 spiro atoms. The van der Waals surface area contributed by atoms with Gasteiger partial charge in [-0.2, -0.15) is 0 Å². The van der Waals surface area contributed by atoms with Crippen molar-refractivity contribution in [1.82, 2.24) is 0 Å². The van der Waals surface area contributed by atoms with Crippen LogP contribution in [0, 0.1) is 5.41 Å². The molecule has 0 aliphatic carbocycles. The lowest BCUT2D eigenvalue weighted by atomic mass is 9.88. The van der Waals surface area contributed by atoms with Crippen LogP contribution in [0.3, 0.4) is 0 Å². The van der Waals surface area contributed by atoms with E-state index in [-0.39, 0.29) is 32.8 Å². The van der Waals surface area contributed by atoms with Gasteiger partial charge in [0.1, 0.15) is 6.61 Å². The second-order valence-electron chi connectivity index (χ2n) is 4.93. The van der Waals surface area contributed by atoms with Gasteiger partial charge in [0.25, 0.3) is 0 Å². The molecular weight excluding hydrogens is 392 g/mol. The Balaban J connectivity index is -0.000000151. The fourth-order valence-corrected chi connectivity index (χ4v) is 0.783. The van der Waals surface area contributed by atoms with Crippen LogP contribution in [0.5, 0.6) is 0 Å². The van der Waals surface area contributed by atoms with Gasteiger partial charge >= 0.3 is 23.9 Å². The van der Waals surface area contributed by atoms with E-state index in [0.717, 1.165) is 18.2 Å². The van der Waals surface area contributed by atoms with E-state index in [1.165, 1.54) is 0 Å². The summed E-state index contributed by atoms with van der Waals surface area (Å²) >= 11 is 0. The zero-order valence-electron chi connectivity index (χ0n) is 16.3. The van der Waals surface area contributed by atoms with Gasteiger partial charge in [0.05, 0.1) is 26.2 Å². The summed E-state index contributed by atoms with van der Waals surface area (Å²) in [5.41, 5.74) is -0.667. The maximum atomic E-state index is 10.3. The van der Waals surface area contributed by atoms with Crippen molar-refractivity contribution in [3.63, 3.8) is 0 Å². The van der Waals surface area contributed by atoms with Gasteiger partial charge in [-0.05, 0) is 6.42 Å². The van der Waals surface area contributed by atoms with Crippen molar-refractivity contribution in [2.24, 2.45) is 5.41 Å². The van der Waals surface area contributed by atoms with Crippen molar-refractivity contribution >= 4 is 23.9 Å². The first-order valence-electron chi connectivity index (χ1n) is 7.99. The fraction of sp³-hybridized carbons (Fsp3) is 0.444. The highest BCUT2D eigenvalue weighted by molar-refractivity contribution is 5.81.